The largest absolute Gasteiger partial charge is 0.388 e. The van der Waals surface area contributed by atoms with E-state index in [0.29, 0.717) is 0 Å². The van der Waals surface area contributed by atoms with E-state index in [0.717, 1.165) is 44.8 Å². The standard InChI is InChI=1S/C15H25NO2/c1-3-16(12-13-18-4-2)11-10-15(17)14-8-6-5-7-9-14/h5-9,15,17H,3-4,10-13H2,1-2H3. The van der Waals surface area contributed by atoms with Gasteiger partial charge in [0.1, 0.15) is 0 Å². The van der Waals surface area contributed by atoms with Crippen molar-refractivity contribution in [2.75, 3.05) is 32.8 Å². The molecule has 0 fully saturated rings. The van der Waals surface area contributed by atoms with Crippen molar-refractivity contribution >= 4 is 0 Å². The molecule has 0 bridgehead atoms. The molecule has 0 aromatic heterocycles. The van der Waals surface area contributed by atoms with Crippen molar-refractivity contribution in [3.05, 3.63) is 35.9 Å². The van der Waals surface area contributed by atoms with Crippen molar-refractivity contribution in [2.24, 2.45) is 0 Å². The van der Waals surface area contributed by atoms with Gasteiger partial charge in [-0.15, -0.1) is 0 Å². The molecule has 0 aliphatic rings. The number of nitrogens with zero attached hydrogens (tertiary/aromatic N) is 1. The normalized spacial score (nSPS) is 12.9. The molecule has 0 heterocycles. The summed E-state index contributed by atoms with van der Waals surface area (Å²) in [6, 6.07) is 9.84. The number of likely N-dealkylation sites (N-methyl/N-ethyl adjacent to an activating group) is 1. The van der Waals surface area contributed by atoms with E-state index >= 15 is 0 Å². The van der Waals surface area contributed by atoms with Gasteiger partial charge in [0.15, 0.2) is 0 Å². The van der Waals surface area contributed by atoms with Crippen LogP contribution in [0.2, 0.25) is 0 Å². The number of aliphatic hydroxyl groups excluding tert-OH is 1. The van der Waals surface area contributed by atoms with Gasteiger partial charge in [0.05, 0.1) is 12.7 Å². The van der Waals surface area contributed by atoms with E-state index in [1.165, 1.54) is 0 Å². The maximum absolute atomic E-state index is 10.1. The van der Waals surface area contributed by atoms with E-state index in [1.807, 2.05) is 37.3 Å². The van der Waals surface area contributed by atoms with Gasteiger partial charge in [-0.05, 0) is 25.5 Å². The number of aliphatic hydroxyl groups is 1. The molecule has 18 heavy (non-hydrogen) atoms. The summed E-state index contributed by atoms with van der Waals surface area (Å²) in [6.45, 7) is 8.52. The summed E-state index contributed by atoms with van der Waals surface area (Å²) in [5.41, 5.74) is 0.998. The van der Waals surface area contributed by atoms with Crippen molar-refractivity contribution in [1.29, 1.82) is 0 Å². The van der Waals surface area contributed by atoms with E-state index in [4.69, 9.17) is 4.74 Å². The van der Waals surface area contributed by atoms with Crippen LogP contribution in [0, 0.1) is 0 Å². The molecule has 3 heteroatoms. The van der Waals surface area contributed by atoms with Crippen LogP contribution < -0.4 is 0 Å². The molecule has 0 aliphatic carbocycles. The highest BCUT2D eigenvalue weighted by atomic mass is 16.5. The molecule has 1 aromatic carbocycles. The number of hydrogen-bond acceptors (Lipinski definition) is 3. The Labute approximate surface area is 110 Å². The Morgan fingerprint density at radius 1 is 1.17 bits per heavy atom. The zero-order chi connectivity index (χ0) is 13.2. The van der Waals surface area contributed by atoms with Crippen molar-refractivity contribution in [2.45, 2.75) is 26.4 Å². The second-order valence-corrected chi connectivity index (χ2v) is 4.35. The molecule has 102 valence electrons. The van der Waals surface area contributed by atoms with Crippen molar-refractivity contribution in [1.82, 2.24) is 4.90 Å². The third-order valence-electron chi connectivity index (χ3n) is 3.11. The van der Waals surface area contributed by atoms with Gasteiger partial charge in [-0.1, -0.05) is 37.3 Å². The van der Waals surface area contributed by atoms with Crippen LogP contribution >= 0.6 is 0 Å². The fourth-order valence-corrected chi connectivity index (χ4v) is 1.91. The zero-order valence-corrected chi connectivity index (χ0v) is 11.5. The molecular weight excluding hydrogens is 226 g/mol. The van der Waals surface area contributed by atoms with Gasteiger partial charge in [-0.3, -0.25) is 0 Å². The van der Waals surface area contributed by atoms with Gasteiger partial charge >= 0.3 is 0 Å². The molecule has 0 saturated heterocycles. The van der Waals surface area contributed by atoms with Gasteiger partial charge in [0.2, 0.25) is 0 Å². The first-order valence-electron chi connectivity index (χ1n) is 6.81. The summed E-state index contributed by atoms with van der Waals surface area (Å²) in [7, 11) is 0. The van der Waals surface area contributed by atoms with Crippen LogP contribution in [0.5, 0.6) is 0 Å². The van der Waals surface area contributed by atoms with Crippen molar-refractivity contribution < 1.29 is 9.84 Å². The van der Waals surface area contributed by atoms with Crippen LogP contribution in [0.3, 0.4) is 0 Å². The van der Waals surface area contributed by atoms with Crippen LogP contribution in [0.1, 0.15) is 31.9 Å². The molecule has 0 amide bonds. The smallest absolute Gasteiger partial charge is 0.0802 e. The van der Waals surface area contributed by atoms with Gasteiger partial charge < -0.3 is 14.7 Å². The molecule has 1 atom stereocenters. The highest BCUT2D eigenvalue weighted by Gasteiger charge is 2.09. The van der Waals surface area contributed by atoms with Crippen molar-refractivity contribution in [3.63, 3.8) is 0 Å². The number of rotatable bonds is 9. The first kappa shape index (κ1) is 15.2. The molecule has 1 rings (SSSR count). The summed E-state index contributed by atoms with van der Waals surface area (Å²) < 4.78 is 5.35. The summed E-state index contributed by atoms with van der Waals surface area (Å²) in [5.74, 6) is 0. The first-order chi connectivity index (χ1) is 8.77. The van der Waals surface area contributed by atoms with Crippen LogP contribution in [-0.4, -0.2) is 42.9 Å². The summed E-state index contributed by atoms with van der Waals surface area (Å²) >= 11 is 0. The Kier molecular flexibility index (Phi) is 7.65. The van der Waals surface area contributed by atoms with E-state index in [-0.39, 0.29) is 6.10 Å². The topological polar surface area (TPSA) is 32.7 Å². The molecule has 1 aromatic rings. The van der Waals surface area contributed by atoms with Crippen molar-refractivity contribution in [3.8, 4) is 0 Å². The molecular formula is C15H25NO2. The molecule has 1 N–H and O–H groups in total. The van der Waals surface area contributed by atoms with E-state index in [1.54, 1.807) is 0 Å². The molecule has 0 saturated carbocycles. The predicted molar refractivity (Wildman–Crippen MR) is 74.6 cm³/mol. The summed E-state index contributed by atoms with van der Waals surface area (Å²) in [6.07, 6.45) is 0.400. The predicted octanol–water partition coefficient (Wildman–Crippen LogP) is 2.47. The second-order valence-electron chi connectivity index (χ2n) is 4.35. The first-order valence-corrected chi connectivity index (χ1v) is 6.81. The molecule has 0 spiro atoms. The number of benzene rings is 1. The number of ether oxygens (including phenoxy) is 1. The fraction of sp³-hybridized carbons (Fsp3) is 0.600. The summed E-state index contributed by atoms with van der Waals surface area (Å²) in [4.78, 5) is 2.31. The van der Waals surface area contributed by atoms with Crippen LogP contribution in [0.15, 0.2) is 30.3 Å². The van der Waals surface area contributed by atoms with Gasteiger partial charge in [0, 0.05) is 19.7 Å². The SMILES string of the molecule is CCOCCN(CC)CCC(O)c1ccccc1. The average Bonchev–Trinajstić information content (AvgIpc) is 2.43. The molecule has 0 aliphatic heterocycles. The second kappa shape index (κ2) is 9.09. The molecule has 0 radical (unpaired) electrons. The van der Waals surface area contributed by atoms with E-state index in [9.17, 15) is 5.11 Å². The Morgan fingerprint density at radius 2 is 1.89 bits per heavy atom. The maximum Gasteiger partial charge on any atom is 0.0802 e. The lowest BCUT2D eigenvalue weighted by molar-refractivity contribution is 0.101. The van der Waals surface area contributed by atoms with Crippen LogP contribution in [0.25, 0.3) is 0 Å². The Bertz CT molecular complexity index is 303. The lowest BCUT2D eigenvalue weighted by atomic mass is 10.1. The Morgan fingerprint density at radius 3 is 2.50 bits per heavy atom. The maximum atomic E-state index is 10.1. The quantitative estimate of drug-likeness (QED) is 0.684. The lowest BCUT2D eigenvalue weighted by Gasteiger charge is -2.21. The van der Waals surface area contributed by atoms with Gasteiger partial charge in [-0.2, -0.15) is 0 Å². The zero-order valence-electron chi connectivity index (χ0n) is 11.5. The van der Waals surface area contributed by atoms with Crippen LogP contribution in [-0.2, 0) is 4.74 Å². The third-order valence-corrected chi connectivity index (χ3v) is 3.11. The third kappa shape index (κ3) is 5.63. The highest BCUT2D eigenvalue weighted by molar-refractivity contribution is 5.17. The number of hydrogen-bond donors (Lipinski definition) is 1. The van der Waals surface area contributed by atoms with E-state index in [2.05, 4.69) is 11.8 Å². The minimum Gasteiger partial charge on any atom is -0.388 e. The Hall–Kier alpha value is -0.900. The summed E-state index contributed by atoms with van der Waals surface area (Å²) in [5, 5.41) is 10.1. The Balaban J connectivity index is 2.29. The minimum absolute atomic E-state index is 0.368. The fourth-order valence-electron chi connectivity index (χ4n) is 1.91. The van der Waals surface area contributed by atoms with Gasteiger partial charge in [0.25, 0.3) is 0 Å². The molecule has 1 unspecified atom stereocenters. The van der Waals surface area contributed by atoms with E-state index < -0.39 is 0 Å². The monoisotopic (exact) mass is 251 g/mol. The molecule has 3 nitrogen and oxygen atoms in total. The highest BCUT2D eigenvalue weighted by Crippen LogP contribution is 2.16. The minimum atomic E-state index is -0.368. The van der Waals surface area contributed by atoms with Crippen LogP contribution in [0.4, 0.5) is 0 Å². The average molecular weight is 251 g/mol. The lowest BCUT2D eigenvalue weighted by Crippen LogP contribution is -2.29. The van der Waals surface area contributed by atoms with Gasteiger partial charge in [-0.25, -0.2) is 0 Å².